The first-order valence-electron chi connectivity index (χ1n) is 11.1. The predicted octanol–water partition coefficient (Wildman–Crippen LogP) is 5.00. The molecule has 0 bridgehead atoms. The fraction of sp³-hybridized carbons (Fsp3) is 0.280. The summed E-state index contributed by atoms with van der Waals surface area (Å²) in [4.78, 5) is 14.0. The molecule has 0 radical (unpaired) electrons. The van der Waals surface area contributed by atoms with Gasteiger partial charge in [-0.2, -0.15) is 0 Å². The fourth-order valence-corrected chi connectivity index (χ4v) is 5.35. The average Bonchev–Trinajstić information content (AvgIpc) is 3.42. The number of hydrogen-bond acceptors (Lipinski definition) is 7. The Morgan fingerprint density at radius 3 is 2.65 bits per heavy atom. The second-order valence-corrected chi connectivity index (χ2v) is 9.72. The minimum Gasteiger partial charge on any atom is -0.496 e. The zero-order valence-corrected chi connectivity index (χ0v) is 20.5. The molecule has 2 atom stereocenters. The van der Waals surface area contributed by atoms with E-state index < -0.39 is 10.8 Å². The maximum atomic E-state index is 13.0. The summed E-state index contributed by atoms with van der Waals surface area (Å²) in [6.07, 6.45) is 3.50. The number of imidazole rings is 1. The van der Waals surface area contributed by atoms with Gasteiger partial charge in [-0.25, -0.2) is 4.98 Å². The average molecular weight is 476 g/mol. The molecular formula is C25H25N5O3S. The Morgan fingerprint density at radius 2 is 2.00 bits per heavy atom. The second-order valence-electron chi connectivity index (χ2n) is 8.09. The van der Waals surface area contributed by atoms with Crippen molar-refractivity contribution in [3.63, 3.8) is 0 Å². The highest BCUT2D eigenvalue weighted by atomic mass is 32.2. The summed E-state index contributed by atoms with van der Waals surface area (Å²) in [5.74, 6) is 1.85. The molecule has 9 heteroatoms. The summed E-state index contributed by atoms with van der Waals surface area (Å²) in [5, 5.41) is 5.47. The SMILES string of the molecule is CCS(=O)c1nc2cnc3cc(-c4c(C)noc4C)c(OC)cc3c2n1[C@H](C)c1ccccn1. The van der Waals surface area contributed by atoms with Crippen LogP contribution in [0.5, 0.6) is 5.75 Å². The van der Waals surface area contributed by atoms with Crippen LogP contribution in [0, 0.1) is 13.8 Å². The molecule has 0 aliphatic carbocycles. The molecule has 0 saturated heterocycles. The number of fused-ring (bicyclic) bond motifs is 3. The third-order valence-electron chi connectivity index (χ3n) is 6.08. The van der Waals surface area contributed by atoms with E-state index in [4.69, 9.17) is 14.2 Å². The summed E-state index contributed by atoms with van der Waals surface area (Å²) < 4.78 is 26.2. The van der Waals surface area contributed by atoms with E-state index in [1.165, 1.54) is 0 Å². The molecule has 0 N–H and O–H groups in total. The van der Waals surface area contributed by atoms with Gasteiger partial charge in [-0.15, -0.1) is 0 Å². The molecule has 0 amide bonds. The molecule has 0 aliphatic rings. The van der Waals surface area contributed by atoms with E-state index in [-0.39, 0.29) is 6.04 Å². The largest absolute Gasteiger partial charge is 0.496 e. The normalized spacial score (nSPS) is 13.4. The molecule has 5 aromatic rings. The standard InChI is InChI=1S/C25H25N5O3S/c1-6-34(31)25-28-21-13-27-20-11-18(23-14(2)29-33-16(23)4)22(32-5)12-17(20)24(21)30(25)15(3)19-9-7-8-10-26-19/h7-13,15H,6H2,1-5H3/t15-,34?/m1/s1. The Kier molecular flexibility index (Phi) is 5.65. The van der Waals surface area contributed by atoms with Crippen molar-refractivity contribution < 1.29 is 13.5 Å². The number of benzene rings is 1. The van der Waals surface area contributed by atoms with Crippen molar-refractivity contribution in [2.75, 3.05) is 12.9 Å². The van der Waals surface area contributed by atoms with Gasteiger partial charge in [0.2, 0.25) is 5.16 Å². The summed E-state index contributed by atoms with van der Waals surface area (Å²) in [7, 11) is 0.371. The number of aryl methyl sites for hydroxylation is 2. The van der Waals surface area contributed by atoms with Crippen LogP contribution in [0.2, 0.25) is 0 Å². The number of rotatable bonds is 6. The van der Waals surface area contributed by atoms with E-state index >= 15 is 0 Å². The number of hydrogen-bond donors (Lipinski definition) is 0. The molecular weight excluding hydrogens is 450 g/mol. The molecule has 0 fully saturated rings. The Bertz CT molecular complexity index is 1520. The van der Waals surface area contributed by atoms with Crippen LogP contribution in [0.3, 0.4) is 0 Å². The first-order chi connectivity index (χ1) is 16.4. The van der Waals surface area contributed by atoms with Crippen molar-refractivity contribution in [3.05, 3.63) is 59.9 Å². The predicted molar refractivity (Wildman–Crippen MR) is 132 cm³/mol. The lowest BCUT2D eigenvalue weighted by Crippen LogP contribution is -2.14. The van der Waals surface area contributed by atoms with E-state index in [9.17, 15) is 4.21 Å². The van der Waals surface area contributed by atoms with Gasteiger partial charge in [0, 0.05) is 22.9 Å². The van der Waals surface area contributed by atoms with Crippen LogP contribution in [0.1, 0.15) is 37.0 Å². The number of nitrogens with zero attached hydrogens (tertiary/aromatic N) is 5. The van der Waals surface area contributed by atoms with E-state index in [1.807, 2.05) is 62.6 Å². The molecule has 0 spiro atoms. The smallest absolute Gasteiger partial charge is 0.200 e. The van der Waals surface area contributed by atoms with Crippen molar-refractivity contribution in [1.29, 1.82) is 0 Å². The van der Waals surface area contributed by atoms with Gasteiger partial charge in [0.1, 0.15) is 17.0 Å². The molecule has 34 heavy (non-hydrogen) atoms. The molecule has 4 aromatic heterocycles. The lowest BCUT2D eigenvalue weighted by Gasteiger charge is -2.18. The van der Waals surface area contributed by atoms with Crippen molar-refractivity contribution in [2.24, 2.45) is 0 Å². The van der Waals surface area contributed by atoms with Gasteiger partial charge in [-0.1, -0.05) is 18.1 Å². The third kappa shape index (κ3) is 3.47. The van der Waals surface area contributed by atoms with Crippen molar-refractivity contribution in [2.45, 2.75) is 38.9 Å². The van der Waals surface area contributed by atoms with Crippen LogP contribution in [-0.4, -0.2) is 41.7 Å². The second kappa shape index (κ2) is 8.64. The van der Waals surface area contributed by atoms with E-state index in [0.717, 1.165) is 38.9 Å². The first kappa shape index (κ1) is 22.2. The highest BCUT2D eigenvalue weighted by molar-refractivity contribution is 7.84. The van der Waals surface area contributed by atoms with Gasteiger partial charge in [-0.05, 0) is 45.0 Å². The van der Waals surface area contributed by atoms with Gasteiger partial charge in [0.05, 0.1) is 58.1 Å². The van der Waals surface area contributed by atoms with Gasteiger partial charge < -0.3 is 13.8 Å². The van der Waals surface area contributed by atoms with Gasteiger partial charge in [0.25, 0.3) is 0 Å². The molecule has 0 aliphatic heterocycles. The minimum atomic E-state index is -1.27. The summed E-state index contributed by atoms with van der Waals surface area (Å²) >= 11 is 0. The minimum absolute atomic E-state index is 0.185. The molecule has 0 saturated carbocycles. The third-order valence-corrected chi connectivity index (χ3v) is 7.30. The zero-order valence-electron chi connectivity index (χ0n) is 19.7. The van der Waals surface area contributed by atoms with Crippen molar-refractivity contribution in [3.8, 4) is 16.9 Å². The summed E-state index contributed by atoms with van der Waals surface area (Å²) in [6.45, 7) is 7.72. The number of methoxy groups -OCH3 is 1. The van der Waals surface area contributed by atoms with Gasteiger partial charge in [-0.3, -0.25) is 14.2 Å². The molecule has 1 unspecified atom stereocenters. The van der Waals surface area contributed by atoms with E-state index in [1.54, 1.807) is 19.5 Å². The molecule has 5 rings (SSSR count). The van der Waals surface area contributed by atoms with Gasteiger partial charge >= 0.3 is 0 Å². The Morgan fingerprint density at radius 1 is 1.18 bits per heavy atom. The number of ether oxygens (including phenoxy) is 1. The quantitative estimate of drug-likeness (QED) is 0.341. The molecule has 1 aromatic carbocycles. The Balaban J connectivity index is 1.85. The molecule has 4 heterocycles. The Hall–Kier alpha value is -3.59. The van der Waals surface area contributed by atoms with Crippen LogP contribution in [0.4, 0.5) is 0 Å². The summed E-state index contributed by atoms with van der Waals surface area (Å²) in [5.41, 5.74) is 5.70. The fourth-order valence-electron chi connectivity index (χ4n) is 4.42. The van der Waals surface area contributed by atoms with Crippen molar-refractivity contribution in [1.82, 2.24) is 24.7 Å². The maximum absolute atomic E-state index is 13.0. The maximum Gasteiger partial charge on any atom is 0.200 e. The number of aromatic nitrogens is 5. The topological polar surface area (TPSA) is 95.9 Å². The van der Waals surface area contributed by atoms with E-state index in [2.05, 4.69) is 15.1 Å². The summed E-state index contributed by atoms with van der Waals surface area (Å²) in [6, 6.07) is 9.57. The van der Waals surface area contributed by atoms with Crippen LogP contribution < -0.4 is 4.74 Å². The zero-order chi connectivity index (χ0) is 24.0. The lowest BCUT2D eigenvalue weighted by molar-refractivity contribution is 0.393. The van der Waals surface area contributed by atoms with E-state index in [0.29, 0.717) is 27.9 Å². The highest BCUT2D eigenvalue weighted by Gasteiger charge is 2.25. The Labute approximate surface area is 199 Å². The van der Waals surface area contributed by atoms with Crippen LogP contribution in [-0.2, 0) is 10.8 Å². The van der Waals surface area contributed by atoms with Gasteiger partial charge in [0.15, 0.2) is 0 Å². The van der Waals surface area contributed by atoms with Crippen LogP contribution >= 0.6 is 0 Å². The molecule has 174 valence electrons. The number of pyridine rings is 2. The monoisotopic (exact) mass is 475 g/mol. The highest BCUT2D eigenvalue weighted by Crippen LogP contribution is 2.40. The van der Waals surface area contributed by atoms with Crippen LogP contribution in [0.25, 0.3) is 33.1 Å². The first-order valence-corrected chi connectivity index (χ1v) is 12.4. The van der Waals surface area contributed by atoms with Crippen LogP contribution in [0.15, 0.2) is 52.4 Å². The van der Waals surface area contributed by atoms with Crippen molar-refractivity contribution >= 4 is 32.7 Å². The lowest BCUT2D eigenvalue weighted by atomic mass is 10.0. The molecule has 8 nitrogen and oxygen atoms in total.